The molecule has 1 heterocycles. The minimum atomic E-state index is -0.260. The molecule has 4 nitrogen and oxygen atoms in total. The smallest absolute Gasteiger partial charge is 0.280 e. The molecule has 4 aromatic rings. The van der Waals surface area contributed by atoms with Crippen molar-refractivity contribution < 1.29 is 9.53 Å². The first-order chi connectivity index (χ1) is 13.2. The van der Waals surface area contributed by atoms with Crippen LogP contribution in [0.5, 0.6) is 0 Å². The van der Waals surface area contributed by atoms with Crippen LogP contribution < -0.4 is 4.80 Å². The number of aromatic nitrogens is 1. The Morgan fingerprint density at radius 1 is 1.11 bits per heavy atom. The minimum Gasteiger partial charge on any atom is -0.383 e. The molecule has 0 bridgehead atoms. The van der Waals surface area contributed by atoms with E-state index in [1.54, 1.807) is 13.2 Å². The van der Waals surface area contributed by atoms with Gasteiger partial charge in [0.1, 0.15) is 0 Å². The van der Waals surface area contributed by atoms with Gasteiger partial charge < -0.3 is 9.30 Å². The van der Waals surface area contributed by atoms with Crippen LogP contribution in [0.25, 0.3) is 21.0 Å². The number of carbonyl (C=O) groups excluding carboxylic acids is 1. The van der Waals surface area contributed by atoms with Gasteiger partial charge in [-0.3, -0.25) is 4.79 Å². The van der Waals surface area contributed by atoms with Crippen LogP contribution in [0.1, 0.15) is 10.4 Å². The highest BCUT2D eigenvalue weighted by molar-refractivity contribution is 9.10. The topological polar surface area (TPSA) is 43.6 Å². The number of benzene rings is 3. The minimum absolute atomic E-state index is 0.260. The van der Waals surface area contributed by atoms with E-state index >= 15 is 0 Å². The van der Waals surface area contributed by atoms with Gasteiger partial charge in [-0.25, -0.2) is 0 Å². The number of amides is 1. The summed E-state index contributed by atoms with van der Waals surface area (Å²) >= 11 is 4.97. The van der Waals surface area contributed by atoms with Crippen molar-refractivity contribution in [3.8, 4) is 0 Å². The Labute approximate surface area is 168 Å². The lowest BCUT2D eigenvalue weighted by Gasteiger charge is -2.05. The first-order valence-electron chi connectivity index (χ1n) is 8.52. The lowest BCUT2D eigenvalue weighted by atomic mass is 10.1. The normalized spacial score (nSPS) is 12.1. The number of carbonyl (C=O) groups is 1. The molecule has 0 unspecified atom stereocenters. The summed E-state index contributed by atoms with van der Waals surface area (Å²) in [5.74, 6) is -0.260. The van der Waals surface area contributed by atoms with Crippen LogP contribution in [0.2, 0.25) is 0 Å². The molecule has 0 fully saturated rings. The van der Waals surface area contributed by atoms with Gasteiger partial charge in [-0.2, -0.15) is 4.99 Å². The van der Waals surface area contributed by atoms with E-state index in [1.165, 1.54) is 22.1 Å². The summed E-state index contributed by atoms with van der Waals surface area (Å²) < 4.78 is 9.20. The fourth-order valence-electron chi connectivity index (χ4n) is 3.06. The fraction of sp³-hybridized carbons (Fsp3) is 0.143. The van der Waals surface area contributed by atoms with Crippen LogP contribution >= 0.6 is 27.3 Å². The number of methoxy groups -OCH3 is 1. The standard InChI is InChI=1S/C21H17BrN2O2S/c1-26-13-12-24-18-11-10-14-6-2-3-7-15(14)19(18)27-21(24)23-20(25)16-8-4-5-9-17(16)22/h2-11H,12-13H2,1H3. The number of hydrogen-bond donors (Lipinski definition) is 0. The van der Waals surface area contributed by atoms with Crippen molar-refractivity contribution in [3.63, 3.8) is 0 Å². The molecule has 27 heavy (non-hydrogen) atoms. The largest absolute Gasteiger partial charge is 0.383 e. The van der Waals surface area contributed by atoms with Crippen molar-refractivity contribution in [1.29, 1.82) is 0 Å². The van der Waals surface area contributed by atoms with Gasteiger partial charge in [0.15, 0.2) is 4.80 Å². The molecular formula is C21H17BrN2O2S. The Morgan fingerprint density at radius 3 is 2.70 bits per heavy atom. The molecule has 136 valence electrons. The Kier molecular flexibility index (Phi) is 5.20. The van der Waals surface area contributed by atoms with Gasteiger partial charge in [0.25, 0.3) is 5.91 Å². The second-order valence-corrected chi connectivity index (χ2v) is 7.89. The van der Waals surface area contributed by atoms with Crippen LogP contribution in [0, 0.1) is 0 Å². The van der Waals surface area contributed by atoms with Gasteiger partial charge in [0, 0.05) is 23.5 Å². The van der Waals surface area contributed by atoms with Gasteiger partial charge in [-0.15, -0.1) is 0 Å². The summed E-state index contributed by atoms with van der Waals surface area (Å²) in [5, 5.41) is 2.34. The highest BCUT2D eigenvalue weighted by Gasteiger charge is 2.13. The van der Waals surface area contributed by atoms with Crippen molar-refractivity contribution in [2.24, 2.45) is 4.99 Å². The number of thiazole rings is 1. The van der Waals surface area contributed by atoms with E-state index in [0.717, 1.165) is 14.7 Å². The Balaban J connectivity index is 1.94. The van der Waals surface area contributed by atoms with E-state index in [1.807, 2.05) is 30.3 Å². The van der Waals surface area contributed by atoms with E-state index < -0.39 is 0 Å². The van der Waals surface area contributed by atoms with Crippen molar-refractivity contribution in [2.45, 2.75) is 6.54 Å². The third kappa shape index (κ3) is 3.48. The van der Waals surface area contributed by atoms with Crippen molar-refractivity contribution in [3.05, 3.63) is 75.5 Å². The molecule has 1 amide bonds. The number of fused-ring (bicyclic) bond motifs is 3. The monoisotopic (exact) mass is 440 g/mol. The highest BCUT2D eigenvalue weighted by Crippen LogP contribution is 2.27. The van der Waals surface area contributed by atoms with Gasteiger partial charge in [-0.1, -0.05) is 53.8 Å². The molecule has 0 aliphatic rings. The molecule has 3 aromatic carbocycles. The Bertz CT molecular complexity index is 1210. The van der Waals surface area contributed by atoms with Crippen molar-refractivity contribution >= 4 is 54.2 Å². The summed E-state index contributed by atoms with van der Waals surface area (Å²) in [4.78, 5) is 17.9. The molecule has 0 saturated heterocycles. The van der Waals surface area contributed by atoms with Crippen LogP contribution in [-0.2, 0) is 11.3 Å². The van der Waals surface area contributed by atoms with Crippen molar-refractivity contribution in [2.75, 3.05) is 13.7 Å². The summed E-state index contributed by atoms with van der Waals surface area (Å²) in [6.45, 7) is 1.19. The van der Waals surface area contributed by atoms with E-state index in [-0.39, 0.29) is 5.91 Å². The van der Waals surface area contributed by atoms with E-state index in [0.29, 0.717) is 23.5 Å². The molecule has 0 spiro atoms. The number of ether oxygens (including phenoxy) is 1. The zero-order valence-electron chi connectivity index (χ0n) is 14.7. The molecule has 0 saturated carbocycles. The van der Waals surface area contributed by atoms with E-state index in [9.17, 15) is 4.79 Å². The summed E-state index contributed by atoms with van der Waals surface area (Å²) in [6, 6.07) is 19.8. The van der Waals surface area contributed by atoms with Crippen LogP contribution in [0.4, 0.5) is 0 Å². The van der Waals surface area contributed by atoms with Gasteiger partial charge in [0.05, 0.1) is 22.4 Å². The predicted octanol–water partition coefficient (Wildman–Crippen LogP) is 5.01. The molecule has 0 radical (unpaired) electrons. The second-order valence-electron chi connectivity index (χ2n) is 6.06. The molecule has 0 aliphatic carbocycles. The highest BCUT2D eigenvalue weighted by atomic mass is 79.9. The number of rotatable bonds is 4. The van der Waals surface area contributed by atoms with Crippen LogP contribution in [0.15, 0.2) is 70.1 Å². The second kappa shape index (κ2) is 7.76. The fourth-order valence-corrected chi connectivity index (χ4v) is 4.71. The Morgan fingerprint density at radius 2 is 1.89 bits per heavy atom. The molecule has 0 atom stereocenters. The van der Waals surface area contributed by atoms with Gasteiger partial charge in [-0.05, 0) is 39.5 Å². The molecule has 1 aromatic heterocycles. The van der Waals surface area contributed by atoms with E-state index in [2.05, 4.69) is 49.8 Å². The third-order valence-corrected chi connectivity index (χ3v) is 6.21. The summed E-state index contributed by atoms with van der Waals surface area (Å²) in [6.07, 6.45) is 0. The molecule has 0 N–H and O–H groups in total. The maximum Gasteiger partial charge on any atom is 0.280 e. The zero-order valence-corrected chi connectivity index (χ0v) is 17.1. The van der Waals surface area contributed by atoms with Crippen molar-refractivity contribution in [1.82, 2.24) is 4.57 Å². The summed E-state index contributed by atoms with van der Waals surface area (Å²) in [5.41, 5.74) is 1.62. The first kappa shape index (κ1) is 18.1. The average Bonchev–Trinajstić information content (AvgIpc) is 3.04. The van der Waals surface area contributed by atoms with Crippen LogP contribution in [0.3, 0.4) is 0 Å². The zero-order chi connectivity index (χ0) is 18.8. The van der Waals surface area contributed by atoms with E-state index in [4.69, 9.17) is 4.74 Å². The number of hydrogen-bond acceptors (Lipinski definition) is 3. The first-order valence-corrected chi connectivity index (χ1v) is 10.1. The van der Waals surface area contributed by atoms with Gasteiger partial charge in [0.2, 0.25) is 0 Å². The quantitative estimate of drug-likeness (QED) is 0.447. The molecule has 0 aliphatic heterocycles. The lowest BCUT2D eigenvalue weighted by Crippen LogP contribution is -2.19. The lowest BCUT2D eigenvalue weighted by molar-refractivity contribution is 0.0996. The Hall–Kier alpha value is -2.28. The maximum atomic E-state index is 12.8. The molecule has 4 rings (SSSR count). The SMILES string of the molecule is COCCn1c(=NC(=O)c2ccccc2Br)sc2c3ccccc3ccc21. The third-order valence-electron chi connectivity index (χ3n) is 4.39. The van der Waals surface area contributed by atoms with Crippen LogP contribution in [-0.4, -0.2) is 24.2 Å². The summed E-state index contributed by atoms with van der Waals surface area (Å²) in [7, 11) is 1.67. The van der Waals surface area contributed by atoms with Gasteiger partial charge >= 0.3 is 0 Å². The number of halogens is 1. The molecular weight excluding hydrogens is 424 g/mol. The number of nitrogens with zero attached hydrogens (tertiary/aromatic N) is 2. The maximum absolute atomic E-state index is 12.8. The molecule has 6 heteroatoms. The predicted molar refractivity (Wildman–Crippen MR) is 113 cm³/mol. The average molecular weight is 441 g/mol.